The summed E-state index contributed by atoms with van der Waals surface area (Å²) in [5.74, 6) is 1.63. The van der Waals surface area contributed by atoms with E-state index in [4.69, 9.17) is 4.74 Å². The molecule has 0 atom stereocenters. The molecule has 0 unspecified atom stereocenters. The number of rotatable bonds is 8. The summed E-state index contributed by atoms with van der Waals surface area (Å²) in [5.41, 5.74) is 0. The predicted molar refractivity (Wildman–Crippen MR) is 77.7 cm³/mol. The monoisotopic (exact) mass is 267 g/mol. The fourth-order valence-electron chi connectivity index (χ4n) is 1.31. The van der Waals surface area contributed by atoms with E-state index in [2.05, 4.69) is 46.4 Å². The summed E-state index contributed by atoms with van der Waals surface area (Å²) in [4.78, 5) is 12.8. The van der Waals surface area contributed by atoms with Crippen LogP contribution in [0, 0.1) is 5.92 Å². The molecule has 0 amide bonds. The molecule has 1 aromatic rings. The zero-order chi connectivity index (χ0) is 14.3. The van der Waals surface area contributed by atoms with Gasteiger partial charge in [-0.1, -0.05) is 20.8 Å². The maximum Gasteiger partial charge on any atom is 0.323 e. The summed E-state index contributed by atoms with van der Waals surface area (Å²) >= 11 is 0. The van der Waals surface area contributed by atoms with Crippen LogP contribution in [0.3, 0.4) is 0 Å². The molecule has 0 saturated carbocycles. The fraction of sp³-hybridized carbons (Fsp3) is 0.769. The Morgan fingerprint density at radius 2 is 1.63 bits per heavy atom. The molecule has 1 aromatic heterocycles. The zero-order valence-corrected chi connectivity index (χ0v) is 12.5. The minimum atomic E-state index is 0.0411. The van der Waals surface area contributed by atoms with Crippen LogP contribution in [0.4, 0.5) is 11.9 Å². The third-order valence-corrected chi connectivity index (χ3v) is 2.16. The first-order valence-corrected chi connectivity index (χ1v) is 6.91. The number of anilines is 2. The number of hydrogen-bond donors (Lipinski definition) is 2. The van der Waals surface area contributed by atoms with Gasteiger partial charge in [-0.3, -0.25) is 0 Å². The smallest absolute Gasteiger partial charge is 0.323 e. The van der Waals surface area contributed by atoms with Crippen LogP contribution >= 0.6 is 0 Å². The van der Waals surface area contributed by atoms with Crippen molar-refractivity contribution in [1.82, 2.24) is 15.0 Å². The first-order valence-electron chi connectivity index (χ1n) is 6.91. The molecule has 0 bridgehead atoms. The Morgan fingerprint density at radius 1 is 1.00 bits per heavy atom. The van der Waals surface area contributed by atoms with E-state index in [1.165, 1.54) is 0 Å². The van der Waals surface area contributed by atoms with Crippen molar-refractivity contribution in [2.75, 3.05) is 23.7 Å². The quantitative estimate of drug-likeness (QED) is 0.754. The van der Waals surface area contributed by atoms with Gasteiger partial charge >= 0.3 is 6.01 Å². The SMILES string of the molecule is CCCNc1nc(NCC(C)C)nc(OC(C)C)n1. The molecule has 1 rings (SSSR count). The highest BCUT2D eigenvalue weighted by atomic mass is 16.5. The molecular formula is C13H25N5O. The summed E-state index contributed by atoms with van der Waals surface area (Å²) in [6.07, 6.45) is 1.06. The number of nitrogens with zero attached hydrogens (tertiary/aromatic N) is 3. The zero-order valence-electron chi connectivity index (χ0n) is 12.5. The third-order valence-electron chi connectivity index (χ3n) is 2.16. The molecule has 0 aliphatic rings. The third kappa shape index (κ3) is 6.22. The van der Waals surface area contributed by atoms with Gasteiger partial charge in [0.1, 0.15) is 0 Å². The summed E-state index contributed by atoms with van der Waals surface area (Å²) in [7, 11) is 0. The van der Waals surface area contributed by atoms with Crippen molar-refractivity contribution in [3.8, 4) is 6.01 Å². The molecule has 6 nitrogen and oxygen atoms in total. The summed E-state index contributed by atoms with van der Waals surface area (Å²) in [5, 5.41) is 6.35. The second kappa shape index (κ2) is 7.76. The van der Waals surface area contributed by atoms with Gasteiger partial charge in [0.25, 0.3) is 0 Å². The summed E-state index contributed by atoms with van der Waals surface area (Å²) < 4.78 is 5.54. The van der Waals surface area contributed by atoms with Crippen molar-refractivity contribution < 1.29 is 4.74 Å². The molecule has 0 saturated heterocycles. The van der Waals surface area contributed by atoms with Crippen LogP contribution in [-0.2, 0) is 0 Å². The second-order valence-electron chi connectivity index (χ2n) is 5.13. The topological polar surface area (TPSA) is 72.0 Å². The van der Waals surface area contributed by atoms with Gasteiger partial charge in [-0.25, -0.2) is 0 Å². The number of hydrogen-bond acceptors (Lipinski definition) is 6. The van der Waals surface area contributed by atoms with E-state index >= 15 is 0 Å². The molecule has 1 heterocycles. The van der Waals surface area contributed by atoms with E-state index in [1.54, 1.807) is 0 Å². The Morgan fingerprint density at radius 3 is 2.16 bits per heavy atom. The number of nitrogens with one attached hydrogen (secondary N) is 2. The summed E-state index contributed by atoms with van der Waals surface area (Å²) in [6.45, 7) is 11.9. The lowest BCUT2D eigenvalue weighted by atomic mass is 10.2. The predicted octanol–water partition coefficient (Wildman–Crippen LogP) is 2.55. The minimum Gasteiger partial charge on any atom is -0.461 e. The van der Waals surface area contributed by atoms with E-state index in [9.17, 15) is 0 Å². The average molecular weight is 267 g/mol. The molecule has 6 heteroatoms. The van der Waals surface area contributed by atoms with Gasteiger partial charge in [-0.05, 0) is 26.2 Å². The maximum atomic E-state index is 5.54. The molecule has 0 radical (unpaired) electrons. The largest absolute Gasteiger partial charge is 0.461 e. The van der Waals surface area contributed by atoms with Crippen molar-refractivity contribution in [3.05, 3.63) is 0 Å². The highest BCUT2D eigenvalue weighted by Crippen LogP contribution is 2.13. The molecule has 0 aromatic carbocycles. The normalized spacial score (nSPS) is 10.9. The van der Waals surface area contributed by atoms with Crippen molar-refractivity contribution >= 4 is 11.9 Å². The van der Waals surface area contributed by atoms with E-state index in [0.29, 0.717) is 23.8 Å². The van der Waals surface area contributed by atoms with Gasteiger partial charge in [0.15, 0.2) is 0 Å². The van der Waals surface area contributed by atoms with E-state index in [0.717, 1.165) is 19.5 Å². The van der Waals surface area contributed by atoms with Gasteiger partial charge in [0, 0.05) is 13.1 Å². The van der Waals surface area contributed by atoms with Crippen LogP contribution < -0.4 is 15.4 Å². The van der Waals surface area contributed by atoms with Crippen LogP contribution in [0.5, 0.6) is 6.01 Å². The number of aromatic nitrogens is 3. The second-order valence-corrected chi connectivity index (χ2v) is 5.13. The summed E-state index contributed by atoms with van der Waals surface area (Å²) in [6, 6.07) is 0.356. The first kappa shape index (κ1) is 15.5. The molecule has 0 spiro atoms. The Labute approximate surface area is 115 Å². The fourth-order valence-corrected chi connectivity index (χ4v) is 1.31. The van der Waals surface area contributed by atoms with E-state index in [1.807, 2.05) is 13.8 Å². The lowest BCUT2D eigenvalue weighted by molar-refractivity contribution is 0.222. The van der Waals surface area contributed by atoms with Crippen LogP contribution in [0.2, 0.25) is 0 Å². The lowest BCUT2D eigenvalue weighted by Gasteiger charge is -2.12. The Balaban J connectivity index is 2.81. The van der Waals surface area contributed by atoms with Crippen LogP contribution in [0.1, 0.15) is 41.0 Å². The molecule has 19 heavy (non-hydrogen) atoms. The molecule has 0 aliphatic heterocycles. The molecular weight excluding hydrogens is 242 g/mol. The van der Waals surface area contributed by atoms with Gasteiger partial charge in [-0.2, -0.15) is 15.0 Å². The van der Waals surface area contributed by atoms with E-state index < -0.39 is 0 Å². The molecule has 108 valence electrons. The highest BCUT2D eigenvalue weighted by molar-refractivity contribution is 5.35. The Bertz CT molecular complexity index is 381. The standard InChI is InChI=1S/C13H25N5O/c1-6-7-14-11-16-12(15-8-9(2)3)18-13(17-11)19-10(4)5/h9-10H,6-8H2,1-5H3,(H2,14,15,16,17,18). The number of ether oxygens (including phenoxy) is 1. The minimum absolute atomic E-state index is 0.0411. The van der Waals surface area contributed by atoms with Crippen LogP contribution in [0.15, 0.2) is 0 Å². The Hall–Kier alpha value is -1.59. The molecule has 2 N–H and O–H groups in total. The van der Waals surface area contributed by atoms with Crippen molar-refractivity contribution in [2.24, 2.45) is 5.92 Å². The lowest BCUT2D eigenvalue weighted by Crippen LogP contribution is -2.16. The van der Waals surface area contributed by atoms with Crippen molar-refractivity contribution in [1.29, 1.82) is 0 Å². The van der Waals surface area contributed by atoms with Gasteiger partial charge in [0.05, 0.1) is 6.10 Å². The van der Waals surface area contributed by atoms with E-state index in [-0.39, 0.29) is 6.10 Å². The average Bonchev–Trinajstić information content (AvgIpc) is 2.33. The van der Waals surface area contributed by atoms with Gasteiger partial charge in [-0.15, -0.1) is 0 Å². The Kier molecular flexibility index (Phi) is 6.32. The van der Waals surface area contributed by atoms with Crippen LogP contribution in [-0.4, -0.2) is 34.1 Å². The van der Waals surface area contributed by atoms with Crippen molar-refractivity contribution in [2.45, 2.75) is 47.1 Å². The first-order chi connectivity index (χ1) is 9.01. The molecule has 0 aliphatic carbocycles. The van der Waals surface area contributed by atoms with Gasteiger partial charge in [0.2, 0.25) is 11.9 Å². The van der Waals surface area contributed by atoms with Gasteiger partial charge < -0.3 is 15.4 Å². The molecule has 0 fully saturated rings. The van der Waals surface area contributed by atoms with Crippen LogP contribution in [0.25, 0.3) is 0 Å². The van der Waals surface area contributed by atoms with Crippen molar-refractivity contribution in [3.63, 3.8) is 0 Å². The maximum absolute atomic E-state index is 5.54. The highest BCUT2D eigenvalue weighted by Gasteiger charge is 2.09.